The number of benzene rings is 1. The van der Waals surface area contributed by atoms with Gasteiger partial charge < -0.3 is 10.1 Å². The van der Waals surface area contributed by atoms with Crippen LogP contribution in [0.5, 0.6) is 0 Å². The van der Waals surface area contributed by atoms with Crippen LogP contribution in [0.4, 0.5) is 11.4 Å². The molecule has 0 radical (unpaired) electrons. The molecule has 1 aromatic carbocycles. The van der Waals surface area contributed by atoms with E-state index in [2.05, 4.69) is 5.32 Å². The van der Waals surface area contributed by atoms with E-state index in [1.807, 2.05) is 20.8 Å². The molecule has 0 atom stereocenters. The number of hydrogen-bond acceptors (Lipinski definition) is 5. The van der Waals surface area contributed by atoms with Crippen molar-refractivity contribution in [2.45, 2.75) is 27.7 Å². The quantitative estimate of drug-likeness (QED) is 0.370. The first-order valence-electron chi connectivity index (χ1n) is 6.34. The minimum absolute atomic E-state index is 0.0499. The second-order valence-electron chi connectivity index (χ2n) is 3.28. The highest BCUT2D eigenvalue weighted by Crippen LogP contribution is 2.22. The standard InChI is InChI=1S/C11H15N3O3.C2H6/c1-3-13-10-6-5-8(14(15)16)7-9(10)11(12)17-4-2;1-2/h5-7,12-13H,3-4H2,1-2H3;1-2H3. The minimum atomic E-state index is -0.488. The lowest BCUT2D eigenvalue weighted by molar-refractivity contribution is -0.384. The van der Waals surface area contributed by atoms with Gasteiger partial charge in [-0.25, -0.2) is 0 Å². The van der Waals surface area contributed by atoms with Crippen LogP contribution in [0.1, 0.15) is 33.3 Å². The molecular formula is C13H21N3O3. The summed E-state index contributed by atoms with van der Waals surface area (Å²) in [7, 11) is 0. The molecule has 0 saturated heterocycles. The van der Waals surface area contributed by atoms with Crippen molar-refractivity contribution in [3.05, 3.63) is 33.9 Å². The fourth-order valence-electron chi connectivity index (χ4n) is 1.40. The second-order valence-corrected chi connectivity index (χ2v) is 3.28. The van der Waals surface area contributed by atoms with Crippen LogP contribution in [-0.2, 0) is 4.74 Å². The van der Waals surface area contributed by atoms with Crippen LogP contribution in [0, 0.1) is 15.5 Å². The number of nitrogens with one attached hydrogen (secondary N) is 2. The normalized spacial score (nSPS) is 9.05. The van der Waals surface area contributed by atoms with Gasteiger partial charge in [-0.05, 0) is 19.9 Å². The highest BCUT2D eigenvalue weighted by molar-refractivity contribution is 5.98. The summed E-state index contributed by atoms with van der Waals surface area (Å²) in [6.45, 7) is 8.70. The van der Waals surface area contributed by atoms with Crippen molar-refractivity contribution < 1.29 is 9.66 Å². The molecular weight excluding hydrogens is 246 g/mol. The maximum atomic E-state index is 10.7. The molecule has 0 saturated carbocycles. The smallest absolute Gasteiger partial charge is 0.270 e. The SMILES string of the molecule is CC.CCNc1ccc([N+](=O)[O-])cc1C(=N)OCC. The van der Waals surface area contributed by atoms with Crippen LogP contribution in [0.25, 0.3) is 0 Å². The first kappa shape index (κ1) is 16.9. The predicted molar refractivity (Wildman–Crippen MR) is 77.1 cm³/mol. The van der Waals surface area contributed by atoms with E-state index < -0.39 is 4.92 Å². The monoisotopic (exact) mass is 267 g/mol. The summed E-state index contributed by atoms with van der Waals surface area (Å²) < 4.78 is 5.07. The van der Waals surface area contributed by atoms with E-state index in [1.54, 1.807) is 13.0 Å². The zero-order valence-corrected chi connectivity index (χ0v) is 11.8. The van der Waals surface area contributed by atoms with E-state index in [-0.39, 0.29) is 11.6 Å². The van der Waals surface area contributed by atoms with E-state index in [0.717, 1.165) is 0 Å². The van der Waals surface area contributed by atoms with Crippen LogP contribution in [0.2, 0.25) is 0 Å². The lowest BCUT2D eigenvalue weighted by Crippen LogP contribution is -2.10. The molecule has 6 heteroatoms. The van der Waals surface area contributed by atoms with Crippen LogP contribution in [0.3, 0.4) is 0 Å². The van der Waals surface area contributed by atoms with Crippen molar-refractivity contribution in [1.29, 1.82) is 5.41 Å². The third-order valence-electron chi connectivity index (χ3n) is 2.11. The van der Waals surface area contributed by atoms with Crippen molar-refractivity contribution >= 4 is 17.3 Å². The zero-order chi connectivity index (χ0) is 14.8. The third-order valence-corrected chi connectivity index (χ3v) is 2.11. The number of nitro benzene ring substituents is 1. The number of nitro groups is 1. The lowest BCUT2D eigenvalue weighted by atomic mass is 10.1. The van der Waals surface area contributed by atoms with E-state index >= 15 is 0 Å². The molecule has 2 N–H and O–H groups in total. The number of ether oxygens (including phenoxy) is 1. The van der Waals surface area contributed by atoms with Crippen molar-refractivity contribution in [2.24, 2.45) is 0 Å². The fraction of sp³-hybridized carbons (Fsp3) is 0.462. The molecule has 106 valence electrons. The molecule has 0 aliphatic rings. The maximum absolute atomic E-state index is 10.7. The van der Waals surface area contributed by atoms with Gasteiger partial charge in [0, 0.05) is 24.4 Å². The lowest BCUT2D eigenvalue weighted by Gasteiger charge is -2.11. The average Bonchev–Trinajstić information content (AvgIpc) is 2.41. The molecule has 0 aliphatic carbocycles. The van der Waals surface area contributed by atoms with Gasteiger partial charge in [0.2, 0.25) is 5.90 Å². The molecule has 0 aromatic heterocycles. The predicted octanol–water partition coefficient (Wildman–Crippen LogP) is 3.41. The number of hydrogen-bond donors (Lipinski definition) is 2. The highest BCUT2D eigenvalue weighted by Gasteiger charge is 2.14. The molecule has 0 bridgehead atoms. The Kier molecular flexibility index (Phi) is 7.92. The highest BCUT2D eigenvalue weighted by atomic mass is 16.6. The Labute approximate surface area is 113 Å². The fourth-order valence-corrected chi connectivity index (χ4v) is 1.40. The Morgan fingerprint density at radius 3 is 2.53 bits per heavy atom. The Balaban J connectivity index is 0.00000154. The van der Waals surface area contributed by atoms with Crippen LogP contribution in [0.15, 0.2) is 18.2 Å². The molecule has 0 heterocycles. The summed E-state index contributed by atoms with van der Waals surface area (Å²) >= 11 is 0. The van der Waals surface area contributed by atoms with Gasteiger partial charge in [-0.15, -0.1) is 0 Å². The Morgan fingerprint density at radius 1 is 1.42 bits per heavy atom. The summed E-state index contributed by atoms with van der Waals surface area (Å²) in [5, 5.41) is 21.4. The number of rotatable bonds is 5. The number of non-ortho nitro benzene ring substituents is 1. The third kappa shape index (κ3) is 4.95. The van der Waals surface area contributed by atoms with Crippen molar-refractivity contribution in [3.8, 4) is 0 Å². The maximum Gasteiger partial charge on any atom is 0.270 e. The summed E-state index contributed by atoms with van der Waals surface area (Å²) in [5.41, 5.74) is 1.02. The van der Waals surface area contributed by atoms with E-state index in [0.29, 0.717) is 24.4 Å². The van der Waals surface area contributed by atoms with Gasteiger partial charge in [-0.3, -0.25) is 15.5 Å². The van der Waals surface area contributed by atoms with Crippen LogP contribution in [-0.4, -0.2) is 24.0 Å². The van der Waals surface area contributed by atoms with Crippen LogP contribution >= 0.6 is 0 Å². The summed E-state index contributed by atoms with van der Waals surface area (Å²) in [6, 6.07) is 4.33. The Bertz CT molecular complexity index is 433. The van der Waals surface area contributed by atoms with Crippen molar-refractivity contribution in [3.63, 3.8) is 0 Å². The summed E-state index contributed by atoms with van der Waals surface area (Å²) in [6.07, 6.45) is 0. The number of nitrogens with zero attached hydrogens (tertiary/aromatic N) is 1. The zero-order valence-electron chi connectivity index (χ0n) is 11.8. The molecule has 0 aliphatic heterocycles. The Morgan fingerprint density at radius 2 is 2.05 bits per heavy atom. The summed E-state index contributed by atoms with van der Waals surface area (Å²) in [4.78, 5) is 10.2. The summed E-state index contributed by atoms with van der Waals surface area (Å²) in [5.74, 6) is -0.0628. The van der Waals surface area contributed by atoms with Gasteiger partial charge in [0.05, 0.1) is 17.1 Å². The van der Waals surface area contributed by atoms with Gasteiger partial charge in [-0.2, -0.15) is 0 Å². The molecule has 0 unspecified atom stereocenters. The van der Waals surface area contributed by atoms with E-state index in [1.165, 1.54) is 12.1 Å². The molecule has 19 heavy (non-hydrogen) atoms. The van der Waals surface area contributed by atoms with E-state index in [9.17, 15) is 10.1 Å². The first-order chi connectivity index (χ1) is 9.10. The Hall–Kier alpha value is -2.11. The molecule has 0 fully saturated rings. The second kappa shape index (κ2) is 8.91. The first-order valence-corrected chi connectivity index (χ1v) is 6.34. The minimum Gasteiger partial charge on any atom is -0.478 e. The van der Waals surface area contributed by atoms with Gasteiger partial charge in [-0.1, -0.05) is 13.8 Å². The molecule has 1 aromatic rings. The van der Waals surface area contributed by atoms with E-state index in [4.69, 9.17) is 10.1 Å². The number of anilines is 1. The molecule has 0 amide bonds. The van der Waals surface area contributed by atoms with Crippen molar-refractivity contribution in [1.82, 2.24) is 0 Å². The molecule has 6 nitrogen and oxygen atoms in total. The van der Waals surface area contributed by atoms with Crippen molar-refractivity contribution in [2.75, 3.05) is 18.5 Å². The van der Waals surface area contributed by atoms with Gasteiger partial charge >= 0.3 is 0 Å². The molecule has 1 rings (SSSR count). The van der Waals surface area contributed by atoms with Gasteiger partial charge in [0.25, 0.3) is 5.69 Å². The largest absolute Gasteiger partial charge is 0.478 e. The topological polar surface area (TPSA) is 88.3 Å². The van der Waals surface area contributed by atoms with Crippen LogP contribution < -0.4 is 5.32 Å². The average molecular weight is 267 g/mol. The van der Waals surface area contributed by atoms with Gasteiger partial charge in [0.15, 0.2) is 0 Å². The molecule has 0 spiro atoms. The van der Waals surface area contributed by atoms with Gasteiger partial charge in [0.1, 0.15) is 0 Å².